The SMILES string of the molecule is CC(C)(C)NCC(=O)Nc1ccc(C(=O)N2CCCCCC2)cc1. The highest BCUT2D eigenvalue weighted by Crippen LogP contribution is 2.15. The van der Waals surface area contributed by atoms with Crippen LogP contribution >= 0.6 is 0 Å². The van der Waals surface area contributed by atoms with Crippen molar-refractivity contribution in [3.63, 3.8) is 0 Å². The maximum absolute atomic E-state index is 12.5. The summed E-state index contributed by atoms with van der Waals surface area (Å²) in [4.78, 5) is 26.4. The maximum atomic E-state index is 12.5. The molecule has 0 aliphatic carbocycles. The molecule has 2 rings (SSSR count). The van der Waals surface area contributed by atoms with E-state index in [-0.39, 0.29) is 23.9 Å². The summed E-state index contributed by atoms with van der Waals surface area (Å²) in [5.74, 6) is 0.000644. The number of anilines is 1. The van der Waals surface area contributed by atoms with E-state index in [2.05, 4.69) is 10.6 Å². The lowest BCUT2D eigenvalue weighted by atomic mass is 10.1. The van der Waals surface area contributed by atoms with Crippen LogP contribution in [0.2, 0.25) is 0 Å². The predicted molar refractivity (Wildman–Crippen MR) is 97.2 cm³/mol. The van der Waals surface area contributed by atoms with Crippen LogP contribution in [-0.2, 0) is 4.79 Å². The number of nitrogens with zero attached hydrogens (tertiary/aromatic N) is 1. The smallest absolute Gasteiger partial charge is 0.253 e. The molecule has 0 saturated carbocycles. The highest BCUT2D eigenvalue weighted by Gasteiger charge is 2.17. The van der Waals surface area contributed by atoms with Gasteiger partial charge >= 0.3 is 0 Å². The van der Waals surface area contributed by atoms with Crippen molar-refractivity contribution in [1.82, 2.24) is 10.2 Å². The zero-order valence-corrected chi connectivity index (χ0v) is 15.0. The zero-order valence-electron chi connectivity index (χ0n) is 15.0. The summed E-state index contributed by atoms with van der Waals surface area (Å²) in [7, 11) is 0. The molecule has 2 N–H and O–H groups in total. The summed E-state index contributed by atoms with van der Waals surface area (Å²) in [5.41, 5.74) is 1.30. The van der Waals surface area contributed by atoms with Crippen LogP contribution in [0.25, 0.3) is 0 Å². The molecular weight excluding hydrogens is 302 g/mol. The monoisotopic (exact) mass is 331 g/mol. The summed E-state index contributed by atoms with van der Waals surface area (Å²) in [6, 6.07) is 7.17. The molecule has 132 valence electrons. The van der Waals surface area contributed by atoms with E-state index >= 15 is 0 Å². The number of rotatable bonds is 4. The first-order valence-electron chi connectivity index (χ1n) is 8.79. The van der Waals surface area contributed by atoms with Gasteiger partial charge in [0.1, 0.15) is 0 Å². The standard InChI is InChI=1S/C19H29N3O2/c1-19(2,3)20-14-17(23)21-16-10-8-15(9-11-16)18(24)22-12-6-4-5-7-13-22/h8-11,20H,4-7,12-14H2,1-3H3,(H,21,23). The van der Waals surface area contributed by atoms with Gasteiger partial charge in [-0.3, -0.25) is 9.59 Å². The molecule has 2 amide bonds. The van der Waals surface area contributed by atoms with Crippen LogP contribution in [-0.4, -0.2) is 41.9 Å². The van der Waals surface area contributed by atoms with E-state index in [1.54, 1.807) is 24.3 Å². The van der Waals surface area contributed by atoms with Crippen molar-refractivity contribution in [3.05, 3.63) is 29.8 Å². The van der Waals surface area contributed by atoms with Crippen molar-refractivity contribution in [2.75, 3.05) is 25.0 Å². The van der Waals surface area contributed by atoms with Crippen molar-refractivity contribution in [3.8, 4) is 0 Å². The Hall–Kier alpha value is -1.88. The normalized spacial score (nSPS) is 15.7. The van der Waals surface area contributed by atoms with E-state index in [1.165, 1.54) is 12.8 Å². The fourth-order valence-electron chi connectivity index (χ4n) is 2.70. The topological polar surface area (TPSA) is 61.4 Å². The van der Waals surface area contributed by atoms with Crippen LogP contribution in [0.3, 0.4) is 0 Å². The first kappa shape index (κ1) is 18.5. The number of nitrogens with one attached hydrogen (secondary N) is 2. The minimum absolute atomic E-state index is 0.0866. The van der Waals surface area contributed by atoms with Crippen molar-refractivity contribution in [2.45, 2.75) is 52.0 Å². The molecule has 1 fully saturated rings. The minimum atomic E-state index is -0.0965. The molecule has 0 aromatic heterocycles. The van der Waals surface area contributed by atoms with Gasteiger partial charge in [-0.25, -0.2) is 0 Å². The molecule has 0 unspecified atom stereocenters. The Kier molecular flexibility index (Phi) is 6.37. The summed E-state index contributed by atoms with van der Waals surface area (Å²) >= 11 is 0. The third-order valence-electron chi connectivity index (χ3n) is 4.09. The lowest BCUT2D eigenvalue weighted by molar-refractivity contribution is -0.115. The molecule has 24 heavy (non-hydrogen) atoms. The molecule has 1 aliphatic heterocycles. The highest BCUT2D eigenvalue weighted by atomic mass is 16.2. The van der Waals surface area contributed by atoms with Crippen LogP contribution in [0.1, 0.15) is 56.8 Å². The van der Waals surface area contributed by atoms with Crippen molar-refractivity contribution >= 4 is 17.5 Å². The van der Waals surface area contributed by atoms with Crippen LogP contribution in [0.4, 0.5) is 5.69 Å². The van der Waals surface area contributed by atoms with E-state index in [0.717, 1.165) is 25.9 Å². The molecule has 1 saturated heterocycles. The molecule has 1 aromatic rings. The fourth-order valence-corrected chi connectivity index (χ4v) is 2.70. The van der Waals surface area contributed by atoms with Crippen molar-refractivity contribution < 1.29 is 9.59 Å². The van der Waals surface area contributed by atoms with Gasteiger partial charge in [-0.05, 0) is 57.9 Å². The number of carbonyl (C=O) groups is 2. The van der Waals surface area contributed by atoms with Crippen LogP contribution in [0, 0.1) is 0 Å². The predicted octanol–water partition coefficient (Wildman–Crippen LogP) is 3.03. The molecule has 5 nitrogen and oxygen atoms in total. The number of benzene rings is 1. The summed E-state index contributed by atoms with van der Waals surface area (Å²) < 4.78 is 0. The van der Waals surface area contributed by atoms with Gasteiger partial charge in [0.25, 0.3) is 5.91 Å². The van der Waals surface area contributed by atoms with Gasteiger partial charge in [0.15, 0.2) is 0 Å². The lowest BCUT2D eigenvalue weighted by Crippen LogP contribution is -2.41. The first-order chi connectivity index (χ1) is 11.3. The maximum Gasteiger partial charge on any atom is 0.253 e. The van der Waals surface area contributed by atoms with Crippen molar-refractivity contribution in [1.29, 1.82) is 0 Å². The average Bonchev–Trinajstić information content (AvgIpc) is 2.82. The quantitative estimate of drug-likeness (QED) is 0.891. The second kappa shape index (κ2) is 8.29. The highest BCUT2D eigenvalue weighted by molar-refractivity contribution is 5.96. The van der Waals surface area contributed by atoms with Crippen LogP contribution in [0.15, 0.2) is 24.3 Å². The second-order valence-corrected chi connectivity index (χ2v) is 7.44. The van der Waals surface area contributed by atoms with Gasteiger partial charge < -0.3 is 15.5 Å². The Balaban J connectivity index is 1.90. The fraction of sp³-hybridized carbons (Fsp3) is 0.579. The van der Waals surface area contributed by atoms with Gasteiger partial charge in [0, 0.05) is 29.9 Å². The van der Waals surface area contributed by atoms with Gasteiger partial charge in [0.2, 0.25) is 5.91 Å². The Bertz CT molecular complexity index is 553. The van der Waals surface area contributed by atoms with Crippen molar-refractivity contribution in [2.24, 2.45) is 0 Å². The Morgan fingerprint density at radius 1 is 1.00 bits per heavy atom. The minimum Gasteiger partial charge on any atom is -0.339 e. The molecule has 1 heterocycles. The molecule has 1 aliphatic rings. The van der Waals surface area contributed by atoms with E-state index in [9.17, 15) is 9.59 Å². The molecule has 1 aromatic carbocycles. The van der Waals surface area contributed by atoms with Crippen LogP contribution in [0.5, 0.6) is 0 Å². The van der Waals surface area contributed by atoms with E-state index in [1.807, 2.05) is 25.7 Å². The van der Waals surface area contributed by atoms with Gasteiger partial charge in [0.05, 0.1) is 6.54 Å². The second-order valence-electron chi connectivity index (χ2n) is 7.44. The molecule has 0 radical (unpaired) electrons. The third kappa shape index (κ3) is 5.96. The first-order valence-corrected chi connectivity index (χ1v) is 8.79. The van der Waals surface area contributed by atoms with E-state index < -0.39 is 0 Å². The largest absolute Gasteiger partial charge is 0.339 e. The Morgan fingerprint density at radius 3 is 2.12 bits per heavy atom. The van der Waals surface area contributed by atoms with Gasteiger partial charge in [-0.2, -0.15) is 0 Å². The summed E-state index contributed by atoms with van der Waals surface area (Å²) in [6.07, 6.45) is 4.58. The molecule has 5 heteroatoms. The lowest BCUT2D eigenvalue weighted by Gasteiger charge is -2.21. The number of amides is 2. The Morgan fingerprint density at radius 2 is 1.58 bits per heavy atom. The van der Waals surface area contributed by atoms with Crippen LogP contribution < -0.4 is 10.6 Å². The number of hydrogen-bond acceptors (Lipinski definition) is 3. The summed E-state index contributed by atoms with van der Waals surface area (Å²) in [5, 5.41) is 5.99. The van der Waals surface area contributed by atoms with E-state index in [4.69, 9.17) is 0 Å². The van der Waals surface area contributed by atoms with E-state index in [0.29, 0.717) is 11.3 Å². The summed E-state index contributed by atoms with van der Waals surface area (Å²) in [6.45, 7) is 8.00. The zero-order chi connectivity index (χ0) is 17.6. The number of likely N-dealkylation sites (tertiary alicyclic amines) is 1. The van der Waals surface area contributed by atoms with Gasteiger partial charge in [-0.15, -0.1) is 0 Å². The Labute approximate surface area is 144 Å². The van der Waals surface area contributed by atoms with Gasteiger partial charge in [-0.1, -0.05) is 12.8 Å². The number of carbonyl (C=O) groups excluding carboxylic acids is 2. The number of hydrogen-bond donors (Lipinski definition) is 2. The molecular formula is C19H29N3O2. The molecule has 0 atom stereocenters. The third-order valence-corrected chi connectivity index (χ3v) is 4.09. The molecule has 0 bridgehead atoms. The average molecular weight is 331 g/mol. The molecule has 0 spiro atoms.